The summed E-state index contributed by atoms with van der Waals surface area (Å²) in [5, 5.41) is 0. The molecule has 0 aromatic carbocycles. The summed E-state index contributed by atoms with van der Waals surface area (Å²) < 4.78 is 5.39. The number of pyridine rings is 1. The maximum absolute atomic E-state index is 12.0. The van der Waals surface area contributed by atoms with E-state index in [0.717, 1.165) is 24.5 Å². The summed E-state index contributed by atoms with van der Waals surface area (Å²) in [6.07, 6.45) is -0.251. The van der Waals surface area contributed by atoms with Gasteiger partial charge in [-0.2, -0.15) is 0 Å². The van der Waals surface area contributed by atoms with Crippen LogP contribution >= 0.6 is 0 Å². The van der Waals surface area contributed by atoms with Crippen LogP contribution in [0.3, 0.4) is 0 Å². The molecule has 0 spiro atoms. The number of aromatic nitrogens is 1. The van der Waals surface area contributed by atoms with Gasteiger partial charge in [-0.1, -0.05) is 6.07 Å². The third-order valence-electron chi connectivity index (χ3n) is 3.38. The summed E-state index contributed by atoms with van der Waals surface area (Å²) in [7, 11) is 0. The number of ether oxygens (including phenoxy) is 1. The van der Waals surface area contributed by atoms with E-state index in [-0.39, 0.29) is 6.09 Å². The molecule has 2 heterocycles. The van der Waals surface area contributed by atoms with Crippen LogP contribution in [-0.4, -0.2) is 47.8 Å². The van der Waals surface area contributed by atoms with Gasteiger partial charge in [0.05, 0.1) is 0 Å². The van der Waals surface area contributed by atoms with Crippen molar-refractivity contribution in [1.29, 1.82) is 0 Å². The second-order valence-corrected chi connectivity index (χ2v) is 6.33. The average molecular weight is 292 g/mol. The Morgan fingerprint density at radius 1 is 1.24 bits per heavy atom. The molecule has 1 aromatic heterocycles. The molecular weight excluding hydrogens is 268 g/mol. The summed E-state index contributed by atoms with van der Waals surface area (Å²) in [4.78, 5) is 20.3. The van der Waals surface area contributed by atoms with E-state index in [2.05, 4.69) is 9.88 Å². The maximum atomic E-state index is 12.0. The number of hydrogen-bond donors (Lipinski definition) is 1. The number of aryl methyl sites for hydroxylation is 1. The van der Waals surface area contributed by atoms with Crippen molar-refractivity contribution in [2.45, 2.75) is 33.3 Å². The van der Waals surface area contributed by atoms with E-state index < -0.39 is 5.60 Å². The fourth-order valence-electron chi connectivity index (χ4n) is 2.15. The topological polar surface area (TPSA) is 71.7 Å². The summed E-state index contributed by atoms with van der Waals surface area (Å²) in [5.41, 5.74) is 6.37. The van der Waals surface area contributed by atoms with E-state index in [0.29, 0.717) is 18.9 Å². The number of rotatable bonds is 1. The fraction of sp³-hybridized carbons (Fsp3) is 0.600. The van der Waals surface area contributed by atoms with Crippen molar-refractivity contribution in [2.75, 3.05) is 36.8 Å². The van der Waals surface area contributed by atoms with E-state index in [9.17, 15) is 4.79 Å². The molecule has 1 saturated heterocycles. The van der Waals surface area contributed by atoms with Crippen molar-refractivity contribution < 1.29 is 9.53 Å². The zero-order chi connectivity index (χ0) is 15.6. The molecule has 116 valence electrons. The van der Waals surface area contributed by atoms with Gasteiger partial charge < -0.3 is 20.3 Å². The fourth-order valence-corrected chi connectivity index (χ4v) is 2.15. The van der Waals surface area contributed by atoms with Crippen molar-refractivity contribution >= 4 is 17.7 Å². The quantitative estimate of drug-likeness (QED) is 0.857. The summed E-state index contributed by atoms with van der Waals surface area (Å²) >= 11 is 0. The van der Waals surface area contributed by atoms with Crippen molar-refractivity contribution in [1.82, 2.24) is 9.88 Å². The van der Waals surface area contributed by atoms with Gasteiger partial charge in [0.1, 0.15) is 17.2 Å². The molecule has 1 fully saturated rings. The van der Waals surface area contributed by atoms with Crippen molar-refractivity contribution in [3.63, 3.8) is 0 Å². The lowest BCUT2D eigenvalue weighted by molar-refractivity contribution is 0.0240. The first-order valence-electron chi connectivity index (χ1n) is 7.22. The molecule has 0 aliphatic carbocycles. The van der Waals surface area contributed by atoms with Crippen LogP contribution in [-0.2, 0) is 4.74 Å². The second kappa shape index (κ2) is 5.79. The molecule has 1 aliphatic rings. The highest BCUT2D eigenvalue weighted by Crippen LogP contribution is 2.18. The zero-order valence-corrected chi connectivity index (χ0v) is 13.2. The van der Waals surface area contributed by atoms with Crippen LogP contribution in [0.25, 0.3) is 0 Å². The van der Waals surface area contributed by atoms with Gasteiger partial charge in [0.15, 0.2) is 0 Å². The van der Waals surface area contributed by atoms with Crippen LogP contribution < -0.4 is 10.6 Å². The van der Waals surface area contributed by atoms with Crippen LogP contribution in [0.5, 0.6) is 0 Å². The number of hydrogen-bond acceptors (Lipinski definition) is 5. The minimum Gasteiger partial charge on any atom is -0.444 e. The number of nitrogen functional groups attached to an aromatic ring is 1. The number of nitrogens with two attached hydrogens (primary N) is 1. The number of carbonyl (C=O) groups excluding carboxylic acids is 1. The Labute approximate surface area is 125 Å². The molecule has 0 bridgehead atoms. The summed E-state index contributed by atoms with van der Waals surface area (Å²) in [6, 6.07) is 3.94. The second-order valence-electron chi connectivity index (χ2n) is 6.33. The highest BCUT2D eigenvalue weighted by molar-refractivity contribution is 5.68. The number of piperazine rings is 1. The van der Waals surface area contributed by atoms with Crippen LogP contribution in [0.15, 0.2) is 12.1 Å². The largest absolute Gasteiger partial charge is 0.444 e. The number of carbonyl (C=O) groups is 1. The van der Waals surface area contributed by atoms with E-state index in [1.54, 1.807) is 4.90 Å². The molecule has 1 aliphatic heterocycles. The van der Waals surface area contributed by atoms with Crippen LogP contribution in [0.2, 0.25) is 0 Å². The first-order valence-corrected chi connectivity index (χ1v) is 7.22. The molecule has 6 nitrogen and oxygen atoms in total. The number of anilines is 2. The van der Waals surface area contributed by atoms with Crippen molar-refractivity contribution in [2.24, 2.45) is 0 Å². The van der Waals surface area contributed by atoms with Gasteiger partial charge in [-0.05, 0) is 39.3 Å². The predicted molar refractivity (Wildman–Crippen MR) is 83.4 cm³/mol. The number of nitrogens with zero attached hydrogens (tertiary/aromatic N) is 3. The first-order chi connectivity index (χ1) is 9.76. The summed E-state index contributed by atoms with van der Waals surface area (Å²) in [5.74, 6) is 1.42. The molecule has 1 aromatic rings. The van der Waals surface area contributed by atoms with E-state index >= 15 is 0 Å². The highest BCUT2D eigenvalue weighted by atomic mass is 16.6. The lowest BCUT2D eigenvalue weighted by atomic mass is 10.2. The van der Waals surface area contributed by atoms with Gasteiger partial charge in [-0.3, -0.25) is 0 Å². The van der Waals surface area contributed by atoms with Gasteiger partial charge in [0, 0.05) is 26.2 Å². The third kappa shape index (κ3) is 4.00. The smallest absolute Gasteiger partial charge is 0.410 e. The van der Waals surface area contributed by atoms with Crippen LogP contribution in [0.1, 0.15) is 26.3 Å². The lowest BCUT2D eigenvalue weighted by Gasteiger charge is -2.36. The Bertz CT molecular complexity index is 517. The molecular formula is C15H24N4O2. The molecule has 0 radical (unpaired) electrons. The first kappa shape index (κ1) is 15.4. The van der Waals surface area contributed by atoms with Gasteiger partial charge in [-0.15, -0.1) is 0 Å². The van der Waals surface area contributed by atoms with Crippen LogP contribution in [0.4, 0.5) is 16.4 Å². The summed E-state index contributed by atoms with van der Waals surface area (Å²) in [6.45, 7) is 10.3. The van der Waals surface area contributed by atoms with Gasteiger partial charge in [-0.25, -0.2) is 9.78 Å². The molecule has 1 amide bonds. The van der Waals surface area contributed by atoms with Crippen LogP contribution in [0, 0.1) is 6.92 Å². The lowest BCUT2D eigenvalue weighted by Crippen LogP contribution is -2.50. The standard InChI is InChI=1S/C15H24N4O2/c1-11-5-6-12(17-13(11)16)18-7-9-19(10-8-18)14(20)21-15(2,3)4/h5-6H,7-10H2,1-4H3,(H2,16,17). The average Bonchev–Trinajstić information content (AvgIpc) is 2.40. The zero-order valence-electron chi connectivity index (χ0n) is 13.2. The molecule has 0 unspecified atom stereocenters. The highest BCUT2D eigenvalue weighted by Gasteiger charge is 2.26. The molecule has 21 heavy (non-hydrogen) atoms. The van der Waals surface area contributed by atoms with Crippen molar-refractivity contribution in [3.05, 3.63) is 17.7 Å². The Morgan fingerprint density at radius 2 is 1.86 bits per heavy atom. The Morgan fingerprint density at radius 3 is 2.38 bits per heavy atom. The minimum absolute atomic E-state index is 0.251. The van der Waals surface area contributed by atoms with E-state index in [4.69, 9.17) is 10.5 Å². The Balaban J connectivity index is 1.94. The molecule has 0 atom stereocenters. The normalized spacial score (nSPS) is 16.0. The van der Waals surface area contributed by atoms with Gasteiger partial charge in [0.2, 0.25) is 0 Å². The number of amides is 1. The molecule has 0 saturated carbocycles. The molecule has 6 heteroatoms. The van der Waals surface area contributed by atoms with Crippen molar-refractivity contribution in [3.8, 4) is 0 Å². The molecule has 2 N–H and O–H groups in total. The van der Waals surface area contributed by atoms with Gasteiger partial charge >= 0.3 is 6.09 Å². The van der Waals surface area contributed by atoms with Gasteiger partial charge in [0.25, 0.3) is 0 Å². The van der Waals surface area contributed by atoms with E-state index in [1.807, 2.05) is 39.8 Å². The third-order valence-corrected chi connectivity index (χ3v) is 3.38. The Hall–Kier alpha value is -1.98. The Kier molecular flexibility index (Phi) is 4.25. The minimum atomic E-state index is -0.457. The maximum Gasteiger partial charge on any atom is 0.410 e. The molecule has 2 rings (SSSR count). The predicted octanol–water partition coefficient (Wildman–Crippen LogP) is 2.03. The SMILES string of the molecule is Cc1ccc(N2CCN(C(=O)OC(C)(C)C)CC2)nc1N. The van der Waals surface area contributed by atoms with E-state index in [1.165, 1.54) is 0 Å². The monoisotopic (exact) mass is 292 g/mol.